The van der Waals surface area contributed by atoms with Crippen molar-refractivity contribution in [1.82, 2.24) is 4.90 Å². The highest BCUT2D eigenvalue weighted by molar-refractivity contribution is 6.04. The van der Waals surface area contributed by atoms with Crippen LogP contribution in [0.3, 0.4) is 0 Å². The van der Waals surface area contributed by atoms with E-state index >= 15 is 0 Å². The summed E-state index contributed by atoms with van der Waals surface area (Å²) >= 11 is 0. The van der Waals surface area contributed by atoms with E-state index in [1.54, 1.807) is 24.3 Å². The Hall–Kier alpha value is -4.02. The normalized spacial score (nSPS) is 14.6. The Morgan fingerprint density at radius 2 is 1.46 bits per heavy atom. The smallest absolute Gasteiger partial charge is 0.322 e. The van der Waals surface area contributed by atoms with E-state index in [1.165, 1.54) is 21.9 Å². The zero-order chi connectivity index (χ0) is 26.8. The first kappa shape index (κ1) is 26.1. The van der Waals surface area contributed by atoms with Crippen LogP contribution < -0.4 is 10.2 Å². The maximum atomic E-state index is 13.0. The van der Waals surface area contributed by atoms with Crippen molar-refractivity contribution < 1.29 is 35.9 Å². The van der Waals surface area contributed by atoms with Gasteiger partial charge >= 0.3 is 18.4 Å². The Morgan fingerprint density at radius 1 is 0.811 bits per heavy atom. The predicted octanol–water partition coefficient (Wildman–Crippen LogP) is 6.81. The van der Waals surface area contributed by atoms with Gasteiger partial charge in [0.05, 0.1) is 11.1 Å². The fourth-order valence-electron chi connectivity index (χ4n) is 3.97. The van der Waals surface area contributed by atoms with Gasteiger partial charge < -0.3 is 10.2 Å². The molecule has 0 bridgehead atoms. The van der Waals surface area contributed by atoms with Crippen LogP contribution in [0.1, 0.15) is 33.5 Å². The minimum Gasteiger partial charge on any atom is -0.322 e. The van der Waals surface area contributed by atoms with E-state index in [-0.39, 0.29) is 18.1 Å². The van der Waals surface area contributed by atoms with Gasteiger partial charge in [-0.25, -0.2) is 4.79 Å². The molecule has 1 aliphatic rings. The Labute approximate surface area is 208 Å². The molecule has 1 fully saturated rings. The molecule has 5 nitrogen and oxygen atoms in total. The van der Waals surface area contributed by atoms with Crippen molar-refractivity contribution in [3.63, 3.8) is 0 Å². The SMILES string of the molecule is O=C(Nc1ccc(N2CCCN(Cc3cccc(C(F)(F)F)c3)C2=O)cc1)c1ccc(C(F)(F)F)cc1. The van der Waals surface area contributed by atoms with E-state index in [2.05, 4.69) is 5.32 Å². The monoisotopic (exact) mass is 521 g/mol. The summed E-state index contributed by atoms with van der Waals surface area (Å²) in [5.41, 5.74) is -0.313. The number of amides is 3. The number of urea groups is 1. The van der Waals surface area contributed by atoms with Crippen LogP contribution in [0.5, 0.6) is 0 Å². The van der Waals surface area contributed by atoms with Crippen molar-refractivity contribution in [1.29, 1.82) is 0 Å². The molecule has 194 valence electrons. The van der Waals surface area contributed by atoms with Crippen LogP contribution in [-0.4, -0.2) is 29.9 Å². The zero-order valence-corrected chi connectivity index (χ0v) is 19.2. The number of rotatable bonds is 5. The van der Waals surface area contributed by atoms with E-state index in [9.17, 15) is 35.9 Å². The van der Waals surface area contributed by atoms with Gasteiger partial charge in [-0.1, -0.05) is 12.1 Å². The summed E-state index contributed by atoms with van der Waals surface area (Å²) in [6, 6.07) is 14.6. The van der Waals surface area contributed by atoms with Gasteiger partial charge in [-0.3, -0.25) is 9.69 Å². The molecule has 0 aliphatic carbocycles. The van der Waals surface area contributed by atoms with Gasteiger partial charge in [0.1, 0.15) is 0 Å². The molecule has 1 N–H and O–H groups in total. The van der Waals surface area contributed by atoms with E-state index in [1.807, 2.05) is 0 Å². The third kappa shape index (κ3) is 6.22. The van der Waals surface area contributed by atoms with Crippen LogP contribution in [0, 0.1) is 0 Å². The van der Waals surface area contributed by atoms with Crippen LogP contribution in [0.15, 0.2) is 72.8 Å². The van der Waals surface area contributed by atoms with Crippen LogP contribution in [-0.2, 0) is 18.9 Å². The van der Waals surface area contributed by atoms with E-state index in [0.29, 0.717) is 36.4 Å². The molecule has 0 unspecified atom stereocenters. The molecule has 37 heavy (non-hydrogen) atoms. The van der Waals surface area contributed by atoms with E-state index in [4.69, 9.17) is 0 Å². The number of carbonyl (C=O) groups is 2. The Kier molecular flexibility index (Phi) is 7.15. The van der Waals surface area contributed by atoms with Crippen LogP contribution >= 0.6 is 0 Å². The Balaban J connectivity index is 1.41. The quantitative estimate of drug-likeness (QED) is 0.375. The first-order chi connectivity index (χ1) is 17.4. The molecular weight excluding hydrogens is 500 g/mol. The number of carbonyl (C=O) groups excluding carboxylic acids is 2. The number of anilines is 2. The molecule has 0 spiro atoms. The molecule has 1 saturated heterocycles. The van der Waals surface area contributed by atoms with Gasteiger partial charge in [-0.15, -0.1) is 0 Å². The molecule has 1 heterocycles. The highest BCUT2D eigenvalue weighted by Crippen LogP contribution is 2.31. The number of nitrogens with zero attached hydrogens (tertiary/aromatic N) is 2. The highest BCUT2D eigenvalue weighted by Gasteiger charge is 2.32. The zero-order valence-electron chi connectivity index (χ0n) is 19.2. The van der Waals surface area contributed by atoms with Crippen molar-refractivity contribution in [2.24, 2.45) is 0 Å². The lowest BCUT2D eigenvalue weighted by Gasteiger charge is -2.35. The minimum absolute atomic E-state index is 0.0283. The average molecular weight is 521 g/mol. The van der Waals surface area contributed by atoms with Gasteiger partial charge in [0.2, 0.25) is 0 Å². The van der Waals surface area contributed by atoms with Crippen molar-refractivity contribution in [3.05, 3.63) is 95.1 Å². The number of benzene rings is 3. The summed E-state index contributed by atoms with van der Waals surface area (Å²) in [4.78, 5) is 28.4. The van der Waals surface area contributed by atoms with Crippen LogP contribution in [0.4, 0.5) is 42.5 Å². The minimum atomic E-state index is -4.50. The van der Waals surface area contributed by atoms with Gasteiger partial charge in [0.25, 0.3) is 5.91 Å². The number of hydrogen-bond donors (Lipinski definition) is 1. The first-order valence-electron chi connectivity index (χ1n) is 11.2. The number of hydrogen-bond acceptors (Lipinski definition) is 2. The first-order valence-corrected chi connectivity index (χ1v) is 11.2. The molecule has 1 aliphatic heterocycles. The number of nitrogens with one attached hydrogen (secondary N) is 1. The lowest BCUT2D eigenvalue weighted by molar-refractivity contribution is -0.138. The van der Waals surface area contributed by atoms with Crippen LogP contribution in [0.25, 0.3) is 0 Å². The highest BCUT2D eigenvalue weighted by atomic mass is 19.4. The molecule has 3 aromatic rings. The molecule has 0 radical (unpaired) electrons. The lowest BCUT2D eigenvalue weighted by Crippen LogP contribution is -2.49. The van der Waals surface area contributed by atoms with Crippen LogP contribution in [0.2, 0.25) is 0 Å². The molecule has 11 heteroatoms. The molecule has 0 aromatic heterocycles. The van der Waals surface area contributed by atoms with Crippen molar-refractivity contribution in [2.45, 2.75) is 25.3 Å². The topological polar surface area (TPSA) is 52.7 Å². The predicted molar refractivity (Wildman–Crippen MR) is 125 cm³/mol. The van der Waals surface area contributed by atoms with Gasteiger partial charge in [0.15, 0.2) is 0 Å². The number of alkyl halides is 6. The summed E-state index contributed by atoms with van der Waals surface area (Å²) in [7, 11) is 0. The fourth-order valence-corrected chi connectivity index (χ4v) is 3.97. The maximum absolute atomic E-state index is 13.0. The van der Waals surface area contributed by atoms with E-state index < -0.39 is 29.4 Å². The molecule has 3 amide bonds. The Morgan fingerprint density at radius 3 is 2.08 bits per heavy atom. The van der Waals surface area contributed by atoms with Crippen molar-refractivity contribution in [2.75, 3.05) is 23.3 Å². The second-order valence-electron chi connectivity index (χ2n) is 8.48. The standard InChI is InChI=1S/C26H21F6N3O2/c27-25(28,29)19-7-5-18(6-8-19)23(36)33-21-9-11-22(12-10-21)35-14-2-13-34(24(35)37)16-17-3-1-4-20(15-17)26(30,31)32/h1,3-12,15H,2,13-14,16H2,(H,33,36). The average Bonchev–Trinajstić information content (AvgIpc) is 2.85. The molecule has 4 rings (SSSR count). The fraction of sp³-hybridized carbons (Fsp3) is 0.231. The second-order valence-corrected chi connectivity index (χ2v) is 8.48. The molecule has 3 aromatic carbocycles. The maximum Gasteiger partial charge on any atom is 0.416 e. The van der Waals surface area contributed by atoms with Gasteiger partial charge in [-0.05, 0) is 72.6 Å². The summed E-state index contributed by atoms with van der Waals surface area (Å²) in [5, 5.41) is 2.59. The summed E-state index contributed by atoms with van der Waals surface area (Å²) in [6.07, 6.45) is -8.37. The molecule has 0 atom stereocenters. The third-order valence-corrected chi connectivity index (χ3v) is 5.85. The summed E-state index contributed by atoms with van der Waals surface area (Å²) < 4.78 is 77.2. The largest absolute Gasteiger partial charge is 0.416 e. The second kappa shape index (κ2) is 10.2. The molecule has 0 saturated carbocycles. The van der Waals surface area contributed by atoms with Crippen molar-refractivity contribution >= 4 is 23.3 Å². The van der Waals surface area contributed by atoms with Gasteiger partial charge in [-0.2, -0.15) is 26.3 Å². The molecular formula is C26H21F6N3O2. The van der Waals surface area contributed by atoms with Crippen molar-refractivity contribution in [3.8, 4) is 0 Å². The summed E-state index contributed by atoms with van der Waals surface area (Å²) in [6.45, 7) is 0.836. The Bertz CT molecular complexity index is 1270. The third-order valence-electron chi connectivity index (χ3n) is 5.85. The summed E-state index contributed by atoms with van der Waals surface area (Å²) in [5.74, 6) is -0.595. The number of halogens is 6. The van der Waals surface area contributed by atoms with Gasteiger partial charge in [0, 0.05) is 36.6 Å². The van der Waals surface area contributed by atoms with E-state index in [0.717, 1.165) is 36.4 Å². The lowest BCUT2D eigenvalue weighted by atomic mass is 10.1.